The van der Waals surface area contributed by atoms with E-state index in [0.29, 0.717) is 16.9 Å². The monoisotopic (exact) mass is 419 g/mol. The summed E-state index contributed by atoms with van der Waals surface area (Å²) in [6, 6.07) is 23.9. The average molecular weight is 420 g/mol. The number of hydrogen-bond acceptors (Lipinski definition) is 4. The Labute approximate surface area is 176 Å². The Bertz CT molecular complexity index is 1170. The molecular formula is C23H21N3O3S. The highest BCUT2D eigenvalue weighted by Crippen LogP contribution is 2.24. The molecule has 1 amide bonds. The predicted octanol–water partition coefficient (Wildman–Crippen LogP) is 4.09. The summed E-state index contributed by atoms with van der Waals surface area (Å²) < 4.78 is 27.8. The van der Waals surface area contributed by atoms with Crippen molar-refractivity contribution in [2.45, 2.75) is 18.2 Å². The van der Waals surface area contributed by atoms with Crippen LogP contribution < -0.4 is 9.62 Å². The summed E-state index contributed by atoms with van der Waals surface area (Å²) in [6.07, 6.45) is -0.0449. The van der Waals surface area contributed by atoms with Crippen LogP contribution in [-0.4, -0.2) is 20.9 Å². The van der Waals surface area contributed by atoms with E-state index < -0.39 is 10.0 Å². The SMILES string of the molecule is Cc1ccc(S(=O)(=O)N(CCC(=O)Nc2cccc(C#N)c2)c2ccccc2)cc1. The molecule has 3 aromatic carbocycles. The summed E-state index contributed by atoms with van der Waals surface area (Å²) in [4.78, 5) is 12.6. The molecule has 0 aliphatic carbocycles. The minimum Gasteiger partial charge on any atom is -0.326 e. The number of amides is 1. The smallest absolute Gasteiger partial charge is 0.264 e. The van der Waals surface area contributed by atoms with Crippen LogP contribution in [0, 0.1) is 18.3 Å². The van der Waals surface area contributed by atoms with Crippen molar-refractivity contribution in [3.8, 4) is 6.07 Å². The van der Waals surface area contributed by atoms with E-state index in [2.05, 4.69) is 5.32 Å². The van der Waals surface area contributed by atoms with Crippen molar-refractivity contribution < 1.29 is 13.2 Å². The molecule has 0 fully saturated rings. The van der Waals surface area contributed by atoms with E-state index in [1.807, 2.05) is 13.0 Å². The van der Waals surface area contributed by atoms with Gasteiger partial charge in [-0.2, -0.15) is 5.26 Å². The van der Waals surface area contributed by atoms with Gasteiger partial charge in [-0.15, -0.1) is 0 Å². The molecule has 0 aromatic heterocycles. The van der Waals surface area contributed by atoms with Crippen molar-refractivity contribution in [3.63, 3.8) is 0 Å². The number of nitrogens with zero attached hydrogens (tertiary/aromatic N) is 2. The molecule has 3 rings (SSSR count). The van der Waals surface area contributed by atoms with Gasteiger partial charge in [0.05, 0.1) is 22.2 Å². The molecule has 0 aliphatic rings. The van der Waals surface area contributed by atoms with E-state index in [-0.39, 0.29) is 23.8 Å². The van der Waals surface area contributed by atoms with E-state index in [0.717, 1.165) is 5.56 Å². The van der Waals surface area contributed by atoms with E-state index in [1.54, 1.807) is 78.9 Å². The maximum absolute atomic E-state index is 13.3. The number of hydrogen-bond donors (Lipinski definition) is 1. The first-order chi connectivity index (χ1) is 14.4. The Morgan fingerprint density at radius 1 is 1.00 bits per heavy atom. The number of nitriles is 1. The van der Waals surface area contributed by atoms with Crippen LogP contribution >= 0.6 is 0 Å². The maximum atomic E-state index is 13.3. The van der Waals surface area contributed by atoms with Crippen LogP contribution in [0.25, 0.3) is 0 Å². The van der Waals surface area contributed by atoms with Gasteiger partial charge in [0.25, 0.3) is 10.0 Å². The average Bonchev–Trinajstić information content (AvgIpc) is 2.75. The van der Waals surface area contributed by atoms with Gasteiger partial charge < -0.3 is 5.32 Å². The fourth-order valence-electron chi connectivity index (χ4n) is 2.91. The summed E-state index contributed by atoms with van der Waals surface area (Å²) in [7, 11) is -3.84. The number of aryl methyl sites for hydroxylation is 1. The topological polar surface area (TPSA) is 90.3 Å². The summed E-state index contributed by atoms with van der Waals surface area (Å²) >= 11 is 0. The third-order valence-corrected chi connectivity index (χ3v) is 6.31. The lowest BCUT2D eigenvalue weighted by Gasteiger charge is -2.24. The molecular weight excluding hydrogens is 398 g/mol. The number of benzene rings is 3. The summed E-state index contributed by atoms with van der Waals surface area (Å²) in [5.74, 6) is -0.342. The Morgan fingerprint density at radius 3 is 2.37 bits per heavy atom. The van der Waals surface area contributed by atoms with Gasteiger partial charge in [0, 0.05) is 18.7 Å². The summed E-state index contributed by atoms with van der Waals surface area (Å²) in [5.41, 5.74) is 2.36. The molecule has 1 N–H and O–H groups in total. The molecule has 7 heteroatoms. The molecule has 30 heavy (non-hydrogen) atoms. The van der Waals surface area contributed by atoms with Crippen LogP contribution in [0.4, 0.5) is 11.4 Å². The maximum Gasteiger partial charge on any atom is 0.264 e. The quantitative estimate of drug-likeness (QED) is 0.624. The second kappa shape index (κ2) is 9.25. The van der Waals surface area contributed by atoms with Gasteiger partial charge in [-0.05, 0) is 49.4 Å². The van der Waals surface area contributed by atoms with Gasteiger partial charge in [-0.3, -0.25) is 9.10 Å². The molecule has 0 heterocycles. The van der Waals surface area contributed by atoms with Gasteiger partial charge in [0.2, 0.25) is 5.91 Å². The molecule has 0 saturated carbocycles. The molecule has 0 bridgehead atoms. The van der Waals surface area contributed by atoms with Crippen LogP contribution in [0.1, 0.15) is 17.5 Å². The lowest BCUT2D eigenvalue weighted by atomic mass is 10.2. The zero-order valence-electron chi connectivity index (χ0n) is 16.4. The standard InChI is InChI=1S/C23H21N3O3S/c1-18-10-12-22(13-11-18)30(28,29)26(21-8-3-2-4-9-21)15-14-23(27)25-20-7-5-6-19(16-20)17-24/h2-13,16H,14-15H2,1H3,(H,25,27). The predicted molar refractivity (Wildman–Crippen MR) is 117 cm³/mol. The molecule has 0 saturated heterocycles. The van der Waals surface area contributed by atoms with E-state index >= 15 is 0 Å². The van der Waals surface area contributed by atoms with Crippen LogP contribution in [0.15, 0.2) is 83.8 Å². The fraction of sp³-hybridized carbons (Fsp3) is 0.130. The van der Waals surface area contributed by atoms with E-state index in [9.17, 15) is 13.2 Å². The molecule has 0 radical (unpaired) electrons. The lowest BCUT2D eigenvalue weighted by molar-refractivity contribution is -0.116. The van der Waals surface area contributed by atoms with Crippen LogP contribution in [0.5, 0.6) is 0 Å². The van der Waals surface area contributed by atoms with Gasteiger partial charge in [0.1, 0.15) is 0 Å². The first-order valence-corrected chi connectivity index (χ1v) is 10.8. The Kier molecular flexibility index (Phi) is 6.50. The van der Waals surface area contributed by atoms with Gasteiger partial charge in [-0.25, -0.2) is 8.42 Å². The Hall–Kier alpha value is -3.63. The second-order valence-corrected chi connectivity index (χ2v) is 8.58. The van der Waals surface area contributed by atoms with Crippen molar-refractivity contribution >= 4 is 27.3 Å². The first kappa shape index (κ1) is 21.1. The lowest BCUT2D eigenvalue weighted by Crippen LogP contribution is -2.34. The van der Waals surface area contributed by atoms with E-state index in [4.69, 9.17) is 5.26 Å². The number of nitrogens with one attached hydrogen (secondary N) is 1. The summed E-state index contributed by atoms with van der Waals surface area (Å²) in [6.45, 7) is 1.86. The van der Waals surface area contributed by atoms with Gasteiger partial charge in [0.15, 0.2) is 0 Å². The van der Waals surface area contributed by atoms with E-state index in [1.165, 1.54) is 4.31 Å². The highest BCUT2D eigenvalue weighted by atomic mass is 32.2. The van der Waals surface area contributed by atoms with Crippen molar-refractivity contribution in [1.29, 1.82) is 5.26 Å². The van der Waals surface area contributed by atoms with Crippen LogP contribution in [-0.2, 0) is 14.8 Å². The van der Waals surface area contributed by atoms with Crippen molar-refractivity contribution in [1.82, 2.24) is 0 Å². The molecule has 6 nitrogen and oxygen atoms in total. The molecule has 3 aromatic rings. The zero-order chi connectivity index (χ0) is 21.6. The third-order valence-electron chi connectivity index (χ3n) is 4.47. The first-order valence-electron chi connectivity index (χ1n) is 9.34. The number of rotatable bonds is 7. The minimum absolute atomic E-state index is 0.0238. The summed E-state index contributed by atoms with van der Waals surface area (Å²) in [5, 5.41) is 11.7. The Morgan fingerprint density at radius 2 is 1.70 bits per heavy atom. The normalized spacial score (nSPS) is 10.8. The molecule has 0 unspecified atom stereocenters. The van der Waals surface area contributed by atoms with Gasteiger partial charge in [-0.1, -0.05) is 42.0 Å². The molecule has 0 spiro atoms. The van der Waals surface area contributed by atoms with Gasteiger partial charge >= 0.3 is 0 Å². The van der Waals surface area contributed by atoms with Crippen LogP contribution in [0.2, 0.25) is 0 Å². The minimum atomic E-state index is -3.84. The molecule has 0 atom stereocenters. The second-order valence-electron chi connectivity index (χ2n) is 6.72. The fourth-order valence-corrected chi connectivity index (χ4v) is 4.38. The molecule has 0 aliphatic heterocycles. The Balaban J connectivity index is 1.81. The number of carbonyl (C=O) groups is 1. The highest BCUT2D eigenvalue weighted by Gasteiger charge is 2.25. The zero-order valence-corrected chi connectivity index (χ0v) is 17.3. The van der Waals surface area contributed by atoms with Crippen molar-refractivity contribution in [3.05, 3.63) is 90.0 Å². The number of carbonyl (C=O) groups excluding carboxylic acids is 1. The van der Waals surface area contributed by atoms with Crippen molar-refractivity contribution in [2.75, 3.05) is 16.2 Å². The number of anilines is 2. The third kappa shape index (κ3) is 5.04. The number of sulfonamides is 1. The van der Waals surface area contributed by atoms with Crippen LogP contribution in [0.3, 0.4) is 0 Å². The highest BCUT2D eigenvalue weighted by molar-refractivity contribution is 7.92. The van der Waals surface area contributed by atoms with Crippen molar-refractivity contribution in [2.24, 2.45) is 0 Å². The molecule has 152 valence electrons. The number of para-hydroxylation sites is 1. The largest absolute Gasteiger partial charge is 0.326 e.